The van der Waals surface area contributed by atoms with Gasteiger partial charge in [0.25, 0.3) is 0 Å². The molecule has 0 saturated carbocycles. The molecule has 2 rings (SSSR count). The summed E-state index contributed by atoms with van der Waals surface area (Å²) in [6, 6.07) is 2.61. The lowest BCUT2D eigenvalue weighted by molar-refractivity contribution is 0.266. The van der Waals surface area contributed by atoms with Crippen LogP contribution in [-0.2, 0) is 5.41 Å². The van der Waals surface area contributed by atoms with Crippen LogP contribution < -0.4 is 4.90 Å². The summed E-state index contributed by atoms with van der Waals surface area (Å²) in [5, 5.41) is 0. The SMILES string of the molecule is CC1CN(c2cc(Br)nc(C(C)(C)C)n2)CC1N(C)C. The quantitative estimate of drug-likeness (QED) is 0.775. The molecule has 1 aromatic heterocycles. The van der Waals surface area contributed by atoms with E-state index in [1.54, 1.807) is 0 Å². The van der Waals surface area contributed by atoms with Crippen molar-refractivity contribution in [3.8, 4) is 0 Å². The second-order valence-electron chi connectivity index (χ2n) is 7.04. The number of likely N-dealkylation sites (N-methyl/N-ethyl adjacent to an activating group) is 1. The molecule has 1 aliphatic heterocycles. The second kappa shape index (κ2) is 5.60. The highest BCUT2D eigenvalue weighted by Crippen LogP contribution is 2.28. The Balaban J connectivity index is 2.28. The minimum atomic E-state index is -0.0369. The molecule has 0 amide bonds. The zero-order valence-electron chi connectivity index (χ0n) is 13.3. The molecule has 20 heavy (non-hydrogen) atoms. The van der Waals surface area contributed by atoms with Crippen molar-refractivity contribution in [2.75, 3.05) is 32.1 Å². The fourth-order valence-electron chi connectivity index (χ4n) is 2.71. The molecule has 1 fully saturated rings. The first-order valence-electron chi connectivity index (χ1n) is 7.15. The van der Waals surface area contributed by atoms with Gasteiger partial charge < -0.3 is 9.80 Å². The van der Waals surface area contributed by atoms with Gasteiger partial charge in [-0.15, -0.1) is 0 Å². The van der Waals surface area contributed by atoms with Gasteiger partial charge in [0.2, 0.25) is 0 Å². The third kappa shape index (κ3) is 3.31. The molecule has 4 nitrogen and oxygen atoms in total. The first-order chi connectivity index (χ1) is 9.18. The highest BCUT2D eigenvalue weighted by atomic mass is 79.9. The summed E-state index contributed by atoms with van der Waals surface area (Å²) in [6.45, 7) is 10.8. The number of aromatic nitrogens is 2. The van der Waals surface area contributed by atoms with Gasteiger partial charge in [0, 0.05) is 30.6 Å². The van der Waals surface area contributed by atoms with Gasteiger partial charge in [0.1, 0.15) is 16.2 Å². The zero-order chi connectivity index (χ0) is 15.1. The van der Waals surface area contributed by atoms with Crippen LogP contribution >= 0.6 is 15.9 Å². The summed E-state index contributed by atoms with van der Waals surface area (Å²) in [4.78, 5) is 14.0. The molecule has 0 aliphatic carbocycles. The van der Waals surface area contributed by atoms with Crippen molar-refractivity contribution < 1.29 is 0 Å². The number of halogens is 1. The Morgan fingerprint density at radius 3 is 2.40 bits per heavy atom. The maximum atomic E-state index is 4.78. The number of anilines is 1. The van der Waals surface area contributed by atoms with Gasteiger partial charge in [-0.25, -0.2) is 9.97 Å². The number of hydrogen-bond acceptors (Lipinski definition) is 4. The number of nitrogens with zero attached hydrogens (tertiary/aromatic N) is 4. The number of rotatable bonds is 2. The van der Waals surface area contributed by atoms with E-state index in [4.69, 9.17) is 4.98 Å². The largest absolute Gasteiger partial charge is 0.355 e. The predicted octanol–water partition coefficient (Wildman–Crippen LogP) is 2.92. The fourth-order valence-corrected chi connectivity index (χ4v) is 3.08. The van der Waals surface area contributed by atoms with E-state index in [1.807, 2.05) is 6.07 Å². The van der Waals surface area contributed by atoms with Crippen molar-refractivity contribution in [1.29, 1.82) is 0 Å². The maximum absolute atomic E-state index is 4.78. The summed E-state index contributed by atoms with van der Waals surface area (Å²) in [5.41, 5.74) is -0.0369. The summed E-state index contributed by atoms with van der Waals surface area (Å²) in [5.74, 6) is 2.58. The van der Waals surface area contributed by atoms with Crippen LogP contribution in [0.5, 0.6) is 0 Å². The molecular weight excluding hydrogens is 316 g/mol. The minimum absolute atomic E-state index is 0.0369. The van der Waals surface area contributed by atoms with Gasteiger partial charge in [-0.3, -0.25) is 0 Å². The molecule has 1 aliphatic rings. The molecule has 2 heterocycles. The molecule has 0 N–H and O–H groups in total. The van der Waals surface area contributed by atoms with Crippen molar-refractivity contribution in [2.24, 2.45) is 5.92 Å². The van der Waals surface area contributed by atoms with Gasteiger partial charge in [0.15, 0.2) is 0 Å². The lowest BCUT2D eigenvalue weighted by atomic mass is 9.96. The monoisotopic (exact) mass is 340 g/mol. The average molecular weight is 341 g/mol. The predicted molar refractivity (Wildman–Crippen MR) is 87.3 cm³/mol. The first-order valence-corrected chi connectivity index (χ1v) is 7.94. The molecular formula is C15H25BrN4. The van der Waals surface area contributed by atoms with Gasteiger partial charge in [0.05, 0.1) is 0 Å². The molecule has 0 radical (unpaired) electrons. The molecule has 2 unspecified atom stereocenters. The molecule has 0 aromatic carbocycles. The zero-order valence-corrected chi connectivity index (χ0v) is 14.9. The van der Waals surface area contributed by atoms with Crippen molar-refractivity contribution in [1.82, 2.24) is 14.9 Å². The van der Waals surface area contributed by atoms with E-state index in [2.05, 4.69) is 72.5 Å². The molecule has 1 aromatic rings. The Morgan fingerprint density at radius 1 is 1.25 bits per heavy atom. The van der Waals surface area contributed by atoms with E-state index in [0.29, 0.717) is 12.0 Å². The molecule has 2 atom stereocenters. The topological polar surface area (TPSA) is 32.3 Å². The fraction of sp³-hybridized carbons (Fsp3) is 0.733. The summed E-state index contributed by atoms with van der Waals surface area (Å²) in [6.07, 6.45) is 0. The van der Waals surface area contributed by atoms with Crippen molar-refractivity contribution in [2.45, 2.75) is 39.2 Å². The van der Waals surface area contributed by atoms with Crippen molar-refractivity contribution in [3.63, 3.8) is 0 Å². The minimum Gasteiger partial charge on any atom is -0.355 e. The summed E-state index contributed by atoms with van der Waals surface area (Å²) >= 11 is 3.52. The summed E-state index contributed by atoms with van der Waals surface area (Å²) < 4.78 is 0.869. The van der Waals surface area contributed by atoms with Crippen LogP contribution in [0.15, 0.2) is 10.7 Å². The average Bonchev–Trinajstić information content (AvgIpc) is 2.69. The summed E-state index contributed by atoms with van der Waals surface area (Å²) in [7, 11) is 4.31. The van der Waals surface area contributed by atoms with Crippen LogP contribution in [0, 0.1) is 5.92 Å². The second-order valence-corrected chi connectivity index (χ2v) is 7.85. The molecule has 0 bridgehead atoms. The van der Waals surface area contributed by atoms with E-state index in [9.17, 15) is 0 Å². The Hall–Kier alpha value is -0.680. The highest BCUT2D eigenvalue weighted by molar-refractivity contribution is 9.10. The lowest BCUT2D eigenvalue weighted by Crippen LogP contribution is -2.34. The molecule has 5 heteroatoms. The van der Waals surface area contributed by atoms with Crippen molar-refractivity contribution in [3.05, 3.63) is 16.5 Å². The Labute approximate surface area is 130 Å². The third-order valence-corrected chi connectivity index (χ3v) is 4.32. The first kappa shape index (κ1) is 15.7. The van der Waals surface area contributed by atoms with E-state index in [1.165, 1.54) is 0 Å². The maximum Gasteiger partial charge on any atom is 0.137 e. The van der Waals surface area contributed by atoms with E-state index in [-0.39, 0.29) is 5.41 Å². The van der Waals surface area contributed by atoms with Crippen LogP contribution in [0.1, 0.15) is 33.5 Å². The van der Waals surface area contributed by atoms with E-state index in [0.717, 1.165) is 29.3 Å². The highest BCUT2D eigenvalue weighted by Gasteiger charge is 2.32. The Kier molecular flexibility index (Phi) is 4.40. The molecule has 1 saturated heterocycles. The van der Waals surface area contributed by atoms with Crippen LogP contribution in [-0.4, -0.2) is 48.1 Å². The van der Waals surface area contributed by atoms with Crippen LogP contribution in [0.3, 0.4) is 0 Å². The van der Waals surface area contributed by atoms with Crippen LogP contribution in [0.2, 0.25) is 0 Å². The Morgan fingerprint density at radius 2 is 1.90 bits per heavy atom. The smallest absolute Gasteiger partial charge is 0.137 e. The van der Waals surface area contributed by atoms with E-state index < -0.39 is 0 Å². The normalized spacial score (nSPS) is 23.7. The standard InChI is InChI=1S/C15H25BrN4/c1-10-8-20(9-11(10)19(5)6)13-7-12(16)17-14(18-13)15(2,3)4/h7,10-11H,8-9H2,1-6H3. The van der Waals surface area contributed by atoms with Gasteiger partial charge in [-0.05, 0) is 35.9 Å². The van der Waals surface area contributed by atoms with Gasteiger partial charge in [-0.1, -0.05) is 27.7 Å². The van der Waals surface area contributed by atoms with E-state index >= 15 is 0 Å². The third-order valence-electron chi connectivity index (χ3n) is 3.91. The molecule has 112 valence electrons. The Bertz CT molecular complexity index is 481. The van der Waals surface area contributed by atoms with Gasteiger partial charge in [-0.2, -0.15) is 0 Å². The lowest BCUT2D eigenvalue weighted by Gasteiger charge is -2.24. The van der Waals surface area contributed by atoms with Crippen LogP contribution in [0.4, 0.5) is 5.82 Å². The number of hydrogen-bond donors (Lipinski definition) is 0. The van der Waals surface area contributed by atoms with Crippen LogP contribution in [0.25, 0.3) is 0 Å². The van der Waals surface area contributed by atoms with Crippen molar-refractivity contribution >= 4 is 21.7 Å². The van der Waals surface area contributed by atoms with Gasteiger partial charge >= 0.3 is 0 Å². The molecule has 0 spiro atoms.